The van der Waals surface area contributed by atoms with Crippen LogP contribution in [0.3, 0.4) is 0 Å². The summed E-state index contributed by atoms with van der Waals surface area (Å²) < 4.78 is 31.2. The van der Waals surface area contributed by atoms with Crippen molar-refractivity contribution in [1.82, 2.24) is 25.7 Å². The lowest BCUT2D eigenvalue weighted by Gasteiger charge is -2.37. The molecule has 0 radical (unpaired) electrons. The molecule has 2 aliphatic rings. The van der Waals surface area contributed by atoms with E-state index in [1.165, 1.54) is 7.11 Å². The number of nitrogens with one attached hydrogen (secondary N) is 1. The van der Waals surface area contributed by atoms with Gasteiger partial charge in [-0.2, -0.15) is 5.10 Å². The molecule has 10 heteroatoms. The summed E-state index contributed by atoms with van der Waals surface area (Å²) in [5.41, 5.74) is 2.67. The Morgan fingerprint density at radius 2 is 1.91 bits per heavy atom. The van der Waals surface area contributed by atoms with Gasteiger partial charge in [0.15, 0.2) is 5.82 Å². The number of phenols is 1. The number of methoxy groups -OCH3 is 1. The van der Waals surface area contributed by atoms with Crippen LogP contribution in [0.2, 0.25) is 0 Å². The number of hydrogen-bond acceptors (Lipinski definition) is 8. The molecule has 2 fully saturated rings. The van der Waals surface area contributed by atoms with E-state index in [1.807, 2.05) is 18.2 Å². The lowest BCUT2D eigenvalue weighted by molar-refractivity contribution is -0.0943. The zero-order valence-corrected chi connectivity index (χ0v) is 18.1. The maximum atomic E-state index is 13.1. The van der Waals surface area contributed by atoms with Crippen LogP contribution in [0, 0.1) is 0 Å². The third-order valence-electron chi connectivity index (χ3n) is 6.17. The SMILES string of the molecule is COc1cc(-c2ccc(-c3ccc(N4CCC(NC5CC(F)(F)C5)C4)nn3)c(O)c2)cnn1. The molecule has 172 valence electrons. The van der Waals surface area contributed by atoms with E-state index in [4.69, 9.17) is 4.74 Å². The first kappa shape index (κ1) is 21.4. The van der Waals surface area contributed by atoms with Gasteiger partial charge in [-0.05, 0) is 36.2 Å². The largest absolute Gasteiger partial charge is 0.507 e. The summed E-state index contributed by atoms with van der Waals surface area (Å²) in [5.74, 6) is -1.31. The molecule has 3 aromatic rings. The number of rotatable bonds is 6. The molecule has 2 aromatic heterocycles. The molecule has 0 spiro atoms. The van der Waals surface area contributed by atoms with Crippen LogP contribution in [0.4, 0.5) is 14.6 Å². The van der Waals surface area contributed by atoms with Crippen LogP contribution in [-0.4, -0.2) is 63.7 Å². The predicted octanol–water partition coefficient (Wildman–Crippen LogP) is 3.28. The van der Waals surface area contributed by atoms with Gasteiger partial charge in [0.1, 0.15) is 5.75 Å². The highest BCUT2D eigenvalue weighted by atomic mass is 19.3. The Bertz CT molecular complexity index is 1140. The summed E-state index contributed by atoms with van der Waals surface area (Å²) in [6.45, 7) is 1.50. The summed E-state index contributed by atoms with van der Waals surface area (Å²) in [6.07, 6.45) is 2.32. The molecule has 1 atom stereocenters. The number of anilines is 1. The van der Waals surface area contributed by atoms with E-state index in [1.54, 1.807) is 24.4 Å². The third-order valence-corrected chi connectivity index (χ3v) is 6.17. The van der Waals surface area contributed by atoms with Gasteiger partial charge in [-0.3, -0.25) is 0 Å². The molecule has 1 saturated carbocycles. The van der Waals surface area contributed by atoms with Gasteiger partial charge < -0.3 is 20.1 Å². The van der Waals surface area contributed by atoms with Gasteiger partial charge in [0.05, 0.1) is 19.0 Å². The van der Waals surface area contributed by atoms with E-state index in [2.05, 4.69) is 30.6 Å². The molecule has 0 amide bonds. The molecule has 1 saturated heterocycles. The van der Waals surface area contributed by atoms with Crippen LogP contribution in [0.5, 0.6) is 11.6 Å². The van der Waals surface area contributed by atoms with Crippen LogP contribution in [0.1, 0.15) is 19.3 Å². The van der Waals surface area contributed by atoms with Crippen LogP contribution in [0.25, 0.3) is 22.4 Å². The number of phenolic OH excluding ortho intramolecular Hbond substituents is 1. The summed E-state index contributed by atoms with van der Waals surface area (Å²) in [5, 5.41) is 30.3. The summed E-state index contributed by atoms with van der Waals surface area (Å²) in [6, 6.07) is 10.8. The number of hydrogen-bond donors (Lipinski definition) is 2. The minimum atomic E-state index is -2.51. The fourth-order valence-corrected chi connectivity index (χ4v) is 4.39. The van der Waals surface area contributed by atoms with Crippen molar-refractivity contribution in [2.45, 2.75) is 37.3 Å². The van der Waals surface area contributed by atoms with Crippen LogP contribution < -0.4 is 15.0 Å². The van der Waals surface area contributed by atoms with E-state index >= 15 is 0 Å². The van der Waals surface area contributed by atoms with E-state index in [0.29, 0.717) is 23.7 Å². The van der Waals surface area contributed by atoms with Crippen molar-refractivity contribution in [3.63, 3.8) is 0 Å². The van der Waals surface area contributed by atoms with Crippen LogP contribution >= 0.6 is 0 Å². The zero-order valence-electron chi connectivity index (χ0n) is 18.1. The lowest BCUT2D eigenvalue weighted by atomic mass is 9.87. The molecule has 0 bridgehead atoms. The van der Waals surface area contributed by atoms with Gasteiger partial charge >= 0.3 is 0 Å². The summed E-state index contributed by atoms with van der Waals surface area (Å²) in [7, 11) is 1.52. The molecule has 1 aliphatic heterocycles. The first-order valence-electron chi connectivity index (χ1n) is 10.8. The van der Waals surface area contributed by atoms with E-state index in [0.717, 1.165) is 29.9 Å². The van der Waals surface area contributed by atoms with Crippen molar-refractivity contribution < 1.29 is 18.6 Å². The molecule has 8 nitrogen and oxygen atoms in total. The summed E-state index contributed by atoms with van der Waals surface area (Å²) in [4.78, 5) is 2.10. The number of nitrogens with zero attached hydrogens (tertiary/aromatic N) is 5. The number of aromatic nitrogens is 4. The normalized spacial score (nSPS) is 20.0. The van der Waals surface area contributed by atoms with Gasteiger partial charge in [0.2, 0.25) is 5.88 Å². The molecule has 3 heterocycles. The molecule has 5 rings (SSSR count). The second-order valence-electron chi connectivity index (χ2n) is 8.55. The van der Waals surface area contributed by atoms with Crippen molar-refractivity contribution in [2.75, 3.05) is 25.1 Å². The number of alkyl halides is 2. The molecular weight excluding hydrogens is 430 g/mol. The van der Waals surface area contributed by atoms with Gasteiger partial charge in [-0.15, -0.1) is 15.3 Å². The number of halogens is 2. The van der Waals surface area contributed by atoms with E-state index < -0.39 is 5.92 Å². The van der Waals surface area contributed by atoms with Gasteiger partial charge in [-0.1, -0.05) is 6.07 Å². The minimum absolute atomic E-state index is 0.0769. The standard InChI is InChI=1S/C23H24F2N6O2/c1-33-22-9-15(12-26-30-22)14-2-3-18(20(32)8-14)19-4-5-21(29-28-19)31-7-6-16(13-31)27-17-10-23(24,25)11-17/h2-5,8-9,12,16-17,27,32H,6-7,10-11,13H2,1H3. The highest BCUT2D eigenvalue weighted by molar-refractivity contribution is 5.74. The minimum Gasteiger partial charge on any atom is -0.507 e. The Balaban J connectivity index is 1.25. The molecule has 1 unspecified atom stereocenters. The zero-order chi connectivity index (χ0) is 23.0. The Morgan fingerprint density at radius 1 is 1.06 bits per heavy atom. The van der Waals surface area contributed by atoms with Gasteiger partial charge in [0, 0.05) is 55.2 Å². The van der Waals surface area contributed by atoms with Crippen molar-refractivity contribution in [1.29, 1.82) is 0 Å². The lowest BCUT2D eigenvalue weighted by Crippen LogP contribution is -2.52. The molecule has 2 N–H and O–H groups in total. The molecule has 33 heavy (non-hydrogen) atoms. The number of aromatic hydroxyl groups is 1. The van der Waals surface area contributed by atoms with Crippen molar-refractivity contribution in [3.8, 4) is 34.0 Å². The molecular formula is C23H24F2N6O2. The fraction of sp³-hybridized carbons (Fsp3) is 0.391. The predicted molar refractivity (Wildman–Crippen MR) is 118 cm³/mol. The Hall–Kier alpha value is -3.40. The Morgan fingerprint density at radius 3 is 2.61 bits per heavy atom. The average Bonchev–Trinajstić information content (AvgIpc) is 3.26. The second-order valence-corrected chi connectivity index (χ2v) is 8.55. The van der Waals surface area contributed by atoms with Crippen molar-refractivity contribution in [2.24, 2.45) is 0 Å². The van der Waals surface area contributed by atoms with E-state index in [9.17, 15) is 13.9 Å². The highest BCUT2D eigenvalue weighted by Crippen LogP contribution is 2.38. The van der Waals surface area contributed by atoms with Crippen LogP contribution in [-0.2, 0) is 0 Å². The number of ether oxygens (including phenoxy) is 1. The third kappa shape index (κ3) is 4.56. The monoisotopic (exact) mass is 454 g/mol. The first-order chi connectivity index (χ1) is 15.9. The van der Waals surface area contributed by atoms with Crippen molar-refractivity contribution >= 4 is 5.82 Å². The molecule has 1 aromatic carbocycles. The quantitative estimate of drug-likeness (QED) is 0.586. The van der Waals surface area contributed by atoms with Crippen LogP contribution in [0.15, 0.2) is 42.6 Å². The van der Waals surface area contributed by atoms with Crippen molar-refractivity contribution in [3.05, 3.63) is 42.6 Å². The maximum absolute atomic E-state index is 13.1. The fourth-order valence-electron chi connectivity index (χ4n) is 4.39. The smallest absolute Gasteiger partial charge is 0.251 e. The topological polar surface area (TPSA) is 96.3 Å². The number of benzene rings is 1. The van der Waals surface area contributed by atoms with Gasteiger partial charge in [0.25, 0.3) is 5.92 Å². The van der Waals surface area contributed by atoms with E-state index in [-0.39, 0.29) is 30.7 Å². The Labute approximate surface area is 189 Å². The highest BCUT2D eigenvalue weighted by Gasteiger charge is 2.46. The maximum Gasteiger partial charge on any atom is 0.251 e. The Kier molecular flexibility index (Phi) is 5.53. The second kappa shape index (κ2) is 8.51. The average molecular weight is 454 g/mol. The first-order valence-corrected chi connectivity index (χ1v) is 10.8. The summed E-state index contributed by atoms with van der Waals surface area (Å²) >= 11 is 0. The van der Waals surface area contributed by atoms with Gasteiger partial charge in [-0.25, -0.2) is 8.78 Å². The molecule has 1 aliphatic carbocycles.